The number of hydrogen-bond donors (Lipinski definition) is 4. The van der Waals surface area contributed by atoms with Crippen LogP contribution in [0.5, 0.6) is 5.75 Å². The van der Waals surface area contributed by atoms with E-state index in [-0.39, 0.29) is 16.7 Å². The van der Waals surface area contributed by atoms with Gasteiger partial charge in [-0.05, 0) is 23.8 Å². The molecule has 0 fully saturated rings. The number of benzene rings is 1. The summed E-state index contributed by atoms with van der Waals surface area (Å²) in [6.07, 6.45) is 0.369. The van der Waals surface area contributed by atoms with Gasteiger partial charge in [0.1, 0.15) is 5.75 Å². The molecule has 0 bridgehead atoms. The molecule has 3 rings (SSSR count). The molecule has 0 spiro atoms. The Hall–Kier alpha value is -1.98. The molecule has 0 aliphatic carbocycles. The number of aliphatic hydroxyl groups is 1. The number of hydrogen-bond acceptors (Lipinski definition) is 4. The predicted octanol–water partition coefficient (Wildman–Crippen LogP) is 2.64. The van der Waals surface area contributed by atoms with E-state index < -0.39 is 0 Å². The van der Waals surface area contributed by atoms with Crippen molar-refractivity contribution in [2.75, 3.05) is 19.0 Å². The Kier molecular flexibility index (Phi) is 5.02. The number of fused-ring (bicyclic) bond motifs is 1. The van der Waals surface area contributed by atoms with Crippen LogP contribution >= 0.6 is 11.6 Å². The molecule has 0 radical (unpaired) electrons. The number of phenolic OH excluding ortho intramolecular Hbond substituents is 1. The van der Waals surface area contributed by atoms with Crippen molar-refractivity contribution in [3.05, 3.63) is 56.5 Å². The van der Waals surface area contributed by atoms with E-state index in [0.29, 0.717) is 22.6 Å². The van der Waals surface area contributed by atoms with Crippen molar-refractivity contribution in [3.63, 3.8) is 0 Å². The summed E-state index contributed by atoms with van der Waals surface area (Å²) < 4.78 is 0. The summed E-state index contributed by atoms with van der Waals surface area (Å²) in [5.41, 5.74) is 3.02. The summed E-state index contributed by atoms with van der Waals surface area (Å²) in [6.45, 7) is 4.98. The molecule has 2 heterocycles. The van der Waals surface area contributed by atoms with Crippen LogP contribution in [-0.2, 0) is 11.8 Å². The second kappa shape index (κ2) is 6.64. The summed E-state index contributed by atoms with van der Waals surface area (Å²) in [5.74, 6) is 0.107. The van der Waals surface area contributed by atoms with Gasteiger partial charge in [0.2, 0.25) is 0 Å². The number of aromatic hydroxyl groups is 1. The predicted molar refractivity (Wildman–Crippen MR) is 92.6 cm³/mol. The lowest BCUT2D eigenvalue weighted by Gasteiger charge is -2.16. The molecule has 1 aromatic heterocycles. The lowest BCUT2D eigenvalue weighted by molar-refractivity contribution is 0.399. The van der Waals surface area contributed by atoms with Gasteiger partial charge >= 0.3 is 0 Å². The maximum Gasteiger partial charge on any atom is 0.251 e. The van der Waals surface area contributed by atoms with E-state index in [4.69, 9.17) is 16.7 Å². The van der Waals surface area contributed by atoms with Crippen LogP contribution in [0.25, 0.3) is 0 Å². The number of aromatic nitrogens is 1. The number of H-pyrrole nitrogens is 1. The second-order valence-corrected chi connectivity index (χ2v) is 6.54. The van der Waals surface area contributed by atoms with Gasteiger partial charge in [0.25, 0.3) is 5.56 Å². The molecule has 1 aliphatic rings. The Morgan fingerprint density at radius 3 is 2.57 bits per heavy atom. The first-order chi connectivity index (χ1) is 10.9. The van der Waals surface area contributed by atoms with Crippen LogP contribution in [-0.4, -0.2) is 28.9 Å². The molecule has 0 saturated heterocycles. The molecular weight excluding hydrogens is 316 g/mol. The molecule has 0 atom stereocenters. The Labute approximate surface area is 140 Å². The van der Waals surface area contributed by atoms with E-state index in [0.717, 1.165) is 25.0 Å². The van der Waals surface area contributed by atoms with E-state index in [1.165, 1.54) is 6.07 Å². The minimum Gasteiger partial charge on any atom is -0.508 e. The quantitative estimate of drug-likeness (QED) is 0.679. The molecule has 0 unspecified atom stereocenters. The van der Waals surface area contributed by atoms with Crippen LogP contribution in [0.4, 0.5) is 5.69 Å². The largest absolute Gasteiger partial charge is 0.508 e. The average molecular weight is 337 g/mol. The lowest BCUT2D eigenvalue weighted by Crippen LogP contribution is -2.23. The monoisotopic (exact) mass is 336 g/mol. The van der Waals surface area contributed by atoms with Gasteiger partial charge in [0.05, 0.1) is 5.69 Å². The molecule has 2 aromatic rings. The van der Waals surface area contributed by atoms with Gasteiger partial charge in [0.15, 0.2) is 0 Å². The molecule has 6 heteroatoms. The van der Waals surface area contributed by atoms with Crippen LogP contribution in [0.1, 0.15) is 30.7 Å². The molecule has 1 aliphatic heterocycles. The first-order valence-corrected chi connectivity index (χ1v) is 7.67. The van der Waals surface area contributed by atoms with E-state index >= 15 is 0 Å². The summed E-state index contributed by atoms with van der Waals surface area (Å²) in [7, 11) is 1.00. The van der Waals surface area contributed by atoms with Crippen molar-refractivity contribution in [2.45, 2.75) is 25.7 Å². The number of pyridine rings is 1. The van der Waals surface area contributed by atoms with Crippen molar-refractivity contribution in [1.82, 2.24) is 4.98 Å². The van der Waals surface area contributed by atoms with Crippen LogP contribution in [0.2, 0.25) is 5.02 Å². The van der Waals surface area contributed by atoms with Crippen molar-refractivity contribution in [2.24, 2.45) is 0 Å². The third-order valence-electron chi connectivity index (χ3n) is 3.94. The molecule has 23 heavy (non-hydrogen) atoms. The van der Waals surface area contributed by atoms with Gasteiger partial charge in [-0.15, -0.1) is 0 Å². The summed E-state index contributed by atoms with van der Waals surface area (Å²) >= 11 is 5.82. The van der Waals surface area contributed by atoms with E-state index in [2.05, 4.69) is 24.1 Å². The number of nitrogens with one attached hydrogen (secondary N) is 2. The van der Waals surface area contributed by atoms with Crippen LogP contribution < -0.4 is 10.9 Å². The summed E-state index contributed by atoms with van der Waals surface area (Å²) in [6, 6.07) is 6.80. The van der Waals surface area contributed by atoms with E-state index in [1.807, 2.05) is 6.07 Å². The number of aromatic amines is 1. The van der Waals surface area contributed by atoms with Crippen molar-refractivity contribution in [3.8, 4) is 5.75 Å². The minimum atomic E-state index is -0.111. The maximum absolute atomic E-state index is 12.3. The SMILES string of the molecule is CC1(C)CNc2cc(Cc3ccc(Cl)cc3O)c(=O)[nH]c21.CO. The highest BCUT2D eigenvalue weighted by molar-refractivity contribution is 6.30. The summed E-state index contributed by atoms with van der Waals surface area (Å²) in [5, 5.41) is 20.7. The van der Waals surface area contributed by atoms with Crippen molar-refractivity contribution < 1.29 is 10.2 Å². The van der Waals surface area contributed by atoms with E-state index in [1.54, 1.807) is 12.1 Å². The summed E-state index contributed by atoms with van der Waals surface area (Å²) in [4.78, 5) is 15.2. The van der Waals surface area contributed by atoms with E-state index in [9.17, 15) is 9.90 Å². The molecule has 5 nitrogen and oxygen atoms in total. The Balaban J connectivity index is 0.000000924. The second-order valence-electron chi connectivity index (χ2n) is 6.10. The molecule has 0 amide bonds. The number of rotatable bonds is 2. The molecular formula is C17H21ClN2O3. The molecule has 1 aromatic carbocycles. The van der Waals surface area contributed by atoms with Gasteiger partial charge < -0.3 is 20.5 Å². The number of aliphatic hydroxyl groups excluding tert-OH is 1. The van der Waals surface area contributed by atoms with Crippen molar-refractivity contribution in [1.29, 1.82) is 0 Å². The third-order valence-corrected chi connectivity index (χ3v) is 4.18. The zero-order valence-corrected chi connectivity index (χ0v) is 14.2. The average Bonchev–Trinajstić information content (AvgIpc) is 2.79. The zero-order chi connectivity index (χ0) is 17.2. The minimum absolute atomic E-state index is 0.0740. The third kappa shape index (κ3) is 3.51. The number of halogens is 1. The van der Waals surface area contributed by atoms with Crippen LogP contribution in [0.15, 0.2) is 29.1 Å². The highest BCUT2D eigenvalue weighted by Gasteiger charge is 2.31. The normalized spacial score (nSPS) is 14.5. The fourth-order valence-electron chi connectivity index (χ4n) is 2.67. The fraction of sp³-hybridized carbons (Fsp3) is 0.353. The first kappa shape index (κ1) is 17.4. The number of phenols is 1. The lowest BCUT2D eigenvalue weighted by atomic mass is 9.91. The Bertz CT molecular complexity index is 769. The molecule has 124 valence electrons. The zero-order valence-electron chi connectivity index (χ0n) is 13.4. The smallest absolute Gasteiger partial charge is 0.251 e. The molecule has 0 saturated carbocycles. The fourth-order valence-corrected chi connectivity index (χ4v) is 2.84. The van der Waals surface area contributed by atoms with Gasteiger partial charge in [-0.3, -0.25) is 4.79 Å². The topological polar surface area (TPSA) is 85.4 Å². The van der Waals surface area contributed by atoms with Gasteiger partial charge in [-0.25, -0.2) is 0 Å². The van der Waals surface area contributed by atoms with Gasteiger partial charge in [-0.1, -0.05) is 31.5 Å². The highest BCUT2D eigenvalue weighted by Crippen LogP contribution is 2.34. The van der Waals surface area contributed by atoms with Crippen LogP contribution in [0, 0.1) is 0 Å². The maximum atomic E-state index is 12.3. The first-order valence-electron chi connectivity index (χ1n) is 7.29. The highest BCUT2D eigenvalue weighted by atomic mass is 35.5. The number of anilines is 1. The standard InChI is InChI=1S/C16H17ClN2O2.CH4O/c1-16(2)8-18-12-6-10(15(21)19-14(12)16)5-9-3-4-11(17)7-13(9)20;1-2/h3-4,6-7,18,20H,5,8H2,1-2H3,(H,19,21);2H,1H3. The van der Waals surface area contributed by atoms with Crippen molar-refractivity contribution >= 4 is 17.3 Å². The Morgan fingerprint density at radius 2 is 1.91 bits per heavy atom. The van der Waals surface area contributed by atoms with Gasteiger partial charge in [0, 0.05) is 41.8 Å². The van der Waals surface area contributed by atoms with Gasteiger partial charge in [-0.2, -0.15) is 0 Å². The Morgan fingerprint density at radius 1 is 1.22 bits per heavy atom. The molecule has 4 N–H and O–H groups in total. The van der Waals surface area contributed by atoms with Crippen LogP contribution in [0.3, 0.4) is 0 Å².